The molecule has 0 aliphatic rings. The summed E-state index contributed by atoms with van der Waals surface area (Å²) < 4.78 is 0. The van der Waals surface area contributed by atoms with Crippen molar-refractivity contribution in [1.29, 1.82) is 0 Å². The van der Waals surface area contributed by atoms with Crippen LogP contribution in [0.1, 0.15) is 18.4 Å². The van der Waals surface area contributed by atoms with Crippen molar-refractivity contribution in [2.45, 2.75) is 25.4 Å². The number of aryl methyl sites for hydroxylation is 1. The average Bonchev–Trinajstić information content (AvgIpc) is 2.34. The predicted molar refractivity (Wildman–Crippen MR) is 68.3 cm³/mol. The number of allylic oxidation sites excluding steroid dienone is 1. The van der Waals surface area contributed by atoms with Crippen LogP contribution in [0.25, 0.3) is 0 Å². The van der Waals surface area contributed by atoms with Gasteiger partial charge in [0, 0.05) is 0 Å². The summed E-state index contributed by atoms with van der Waals surface area (Å²) in [4.78, 5) is 11.2. The molecule has 17 heavy (non-hydrogen) atoms. The minimum atomic E-state index is -0.703. The van der Waals surface area contributed by atoms with E-state index >= 15 is 0 Å². The molecule has 0 heterocycles. The summed E-state index contributed by atoms with van der Waals surface area (Å²) >= 11 is 0. The zero-order valence-electron chi connectivity index (χ0n) is 9.88. The van der Waals surface area contributed by atoms with E-state index in [1.54, 1.807) is 6.08 Å². The van der Waals surface area contributed by atoms with Crippen molar-refractivity contribution in [2.75, 3.05) is 0 Å². The second-order valence-electron chi connectivity index (χ2n) is 4.12. The van der Waals surface area contributed by atoms with Crippen molar-refractivity contribution < 1.29 is 9.90 Å². The van der Waals surface area contributed by atoms with Crippen molar-refractivity contribution in [1.82, 2.24) is 0 Å². The van der Waals surface area contributed by atoms with E-state index in [-0.39, 0.29) is 0 Å². The van der Waals surface area contributed by atoms with Crippen LogP contribution < -0.4 is 5.73 Å². The molecule has 1 rings (SSSR count). The average molecular weight is 233 g/mol. The zero-order chi connectivity index (χ0) is 12.7. The van der Waals surface area contributed by atoms with Crippen LogP contribution in [0.15, 0.2) is 43.0 Å². The lowest BCUT2D eigenvalue weighted by Gasteiger charge is -2.18. The summed E-state index contributed by atoms with van der Waals surface area (Å²) in [5.74, 6) is -0.998. The van der Waals surface area contributed by atoms with Gasteiger partial charge in [0.05, 0.1) is 12.0 Å². The van der Waals surface area contributed by atoms with E-state index in [0.717, 1.165) is 12.0 Å². The van der Waals surface area contributed by atoms with Gasteiger partial charge in [0.15, 0.2) is 0 Å². The van der Waals surface area contributed by atoms with E-state index in [0.29, 0.717) is 12.8 Å². The van der Waals surface area contributed by atoms with Crippen molar-refractivity contribution in [3.8, 4) is 0 Å². The van der Waals surface area contributed by atoms with Gasteiger partial charge in [-0.3, -0.25) is 4.79 Å². The van der Waals surface area contributed by atoms with Crippen LogP contribution in [0.3, 0.4) is 0 Å². The molecule has 0 radical (unpaired) electrons. The third kappa shape index (κ3) is 4.41. The second-order valence-corrected chi connectivity index (χ2v) is 4.12. The van der Waals surface area contributed by atoms with Crippen LogP contribution in [0, 0.1) is 5.92 Å². The van der Waals surface area contributed by atoms with Crippen LogP contribution in [0.5, 0.6) is 0 Å². The Morgan fingerprint density at radius 2 is 2.06 bits per heavy atom. The fourth-order valence-electron chi connectivity index (χ4n) is 1.80. The van der Waals surface area contributed by atoms with Crippen molar-refractivity contribution in [2.24, 2.45) is 11.7 Å². The summed E-state index contributed by atoms with van der Waals surface area (Å²) in [5, 5.41) is 9.92. The van der Waals surface area contributed by atoms with E-state index in [1.807, 2.05) is 30.3 Å². The van der Waals surface area contributed by atoms with E-state index in [2.05, 4.69) is 6.58 Å². The number of aliphatic hydroxyl groups excluding tert-OH is 1. The molecule has 0 aliphatic carbocycles. The Morgan fingerprint density at radius 1 is 1.41 bits per heavy atom. The lowest BCUT2D eigenvalue weighted by Crippen LogP contribution is -2.33. The van der Waals surface area contributed by atoms with E-state index in [9.17, 15) is 9.90 Å². The normalized spacial score (nSPS) is 13.9. The number of rotatable bonds is 7. The minimum absolute atomic E-state index is 0.422. The maximum atomic E-state index is 11.2. The van der Waals surface area contributed by atoms with Gasteiger partial charge in [-0.15, -0.1) is 6.58 Å². The lowest BCUT2D eigenvalue weighted by atomic mass is 9.93. The number of hydrogen-bond donors (Lipinski definition) is 2. The molecule has 2 unspecified atom stereocenters. The van der Waals surface area contributed by atoms with Crippen molar-refractivity contribution in [3.05, 3.63) is 48.6 Å². The number of primary amides is 1. The van der Waals surface area contributed by atoms with Gasteiger partial charge in [0.25, 0.3) is 0 Å². The highest BCUT2D eigenvalue weighted by molar-refractivity contribution is 5.77. The number of amides is 1. The molecule has 0 aliphatic heterocycles. The Kier molecular flexibility index (Phi) is 5.43. The Balaban J connectivity index is 2.50. The summed E-state index contributed by atoms with van der Waals surface area (Å²) in [7, 11) is 0. The zero-order valence-corrected chi connectivity index (χ0v) is 9.88. The monoisotopic (exact) mass is 233 g/mol. The number of aliphatic hydroxyl groups is 1. The molecule has 0 saturated heterocycles. The smallest absolute Gasteiger partial charge is 0.223 e. The first-order chi connectivity index (χ1) is 8.15. The van der Waals surface area contributed by atoms with Gasteiger partial charge in [-0.05, 0) is 24.8 Å². The number of carbonyl (C=O) groups excluding carboxylic acids is 1. The van der Waals surface area contributed by atoms with E-state index in [1.165, 1.54) is 0 Å². The first-order valence-electron chi connectivity index (χ1n) is 5.77. The molecule has 1 aromatic rings. The van der Waals surface area contributed by atoms with Gasteiger partial charge < -0.3 is 10.8 Å². The Labute approximate surface area is 102 Å². The number of nitrogens with two attached hydrogens (primary N) is 1. The SMILES string of the molecule is C=CCC(C(N)=O)C(O)CCc1ccccc1. The molecule has 1 aromatic carbocycles. The highest BCUT2D eigenvalue weighted by Gasteiger charge is 2.22. The molecule has 0 aromatic heterocycles. The largest absolute Gasteiger partial charge is 0.392 e. The van der Waals surface area contributed by atoms with Gasteiger partial charge in [-0.25, -0.2) is 0 Å². The first kappa shape index (κ1) is 13.5. The third-order valence-corrected chi connectivity index (χ3v) is 2.82. The van der Waals surface area contributed by atoms with Crippen LogP contribution in [0.2, 0.25) is 0 Å². The van der Waals surface area contributed by atoms with E-state index < -0.39 is 17.9 Å². The van der Waals surface area contributed by atoms with Crippen molar-refractivity contribution in [3.63, 3.8) is 0 Å². The molecular formula is C14H19NO2. The summed E-state index contributed by atoms with van der Waals surface area (Å²) in [6.07, 6.45) is 2.60. The van der Waals surface area contributed by atoms with Gasteiger partial charge in [0.1, 0.15) is 0 Å². The highest BCUT2D eigenvalue weighted by Crippen LogP contribution is 2.15. The maximum absolute atomic E-state index is 11.2. The molecule has 3 nitrogen and oxygen atoms in total. The quantitative estimate of drug-likeness (QED) is 0.703. The first-order valence-corrected chi connectivity index (χ1v) is 5.77. The van der Waals surface area contributed by atoms with Crippen molar-refractivity contribution >= 4 is 5.91 Å². The summed E-state index contributed by atoms with van der Waals surface area (Å²) in [6.45, 7) is 3.56. The molecular weight excluding hydrogens is 214 g/mol. The molecule has 0 spiro atoms. The Morgan fingerprint density at radius 3 is 2.59 bits per heavy atom. The number of benzene rings is 1. The lowest BCUT2D eigenvalue weighted by molar-refractivity contribution is -0.125. The molecule has 3 heteroatoms. The van der Waals surface area contributed by atoms with E-state index in [4.69, 9.17) is 5.73 Å². The van der Waals surface area contributed by atoms with Gasteiger partial charge in [-0.1, -0.05) is 36.4 Å². The fourth-order valence-corrected chi connectivity index (χ4v) is 1.80. The summed E-state index contributed by atoms with van der Waals surface area (Å²) in [6, 6.07) is 9.86. The molecule has 0 fully saturated rings. The Hall–Kier alpha value is -1.61. The molecule has 0 bridgehead atoms. The molecule has 0 saturated carbocycles. The molecule has 1 amide bonds. The maximum Gasteiger partial charge on any atom is 0.223 e. The topological polar surface area (TPSA) is 63.3 Å². The highest BCUT2D eigenvalue weighted by atomic mass is 16.3. The van der Waals surface area contributed by atoms with Crippen LogP contribution in [0.4, 0.5) is 0 Å². The predicted octanol–water partition coefficient (Wildman–Crippen LogP) is 1.66. The Bertz CT molecular complexity index is 362. The summed E-state index contributed by atoms with van der Waals surface area (Å²) in [5.41, 5.74) is 6.39. The van der Waals surface area contributed by atoms with Gasteiger partial charge in [0.2, 0.25) is 5.91 Å². The van der Waals surface area contributed by atoms with Crippen LogP contribution in [-0.2, 0) is 11.2 Å². The molecule has 3 N–H and O–H groups in total. The third-order valence-electron chi connectivity index (χ3n) is 2.82. The molecule has 92 valence electrons. The van der Waals surface area contributed by atoms with Crippen LogP contribution >= 0.6 is 0 Å². The van der Waals surface area contributed by atoms with Gasteiger partial charge in [-0.2, -0.15) is 0 Å². The number of carbonyl (C=O) groups is 1. The standard InChI is InChI=1S/C14H19NO2/c1-2-6-12(14(15)17)13(16)10-9-11-7-4-3-5-8-11/h2-5,7-8,12-13,16H,1,6,9-10H2,(H2,15,17). The second kappa shape index (κ2) is 6.86. The minimum Gasteiger partial charge on any atom is -0.392 e. The fraction of sp³-hybridized carbons (Fsp3) is 0.357. The molecule has 2 atom stereocenters. The number of hydrogen-bond acceptors (Lipinski definition) is 2. The van der Waals surface area contributed by atoms with Crippen LogP contribution in [-0.4, -0.2) is 17.1 Å². The van der Waals surface area contributed by atoms with Gasteiger partial charge >= 0.3 is 0 Å².